The van der Waals surface area contributed by atoms with Crippen LogP contribution in [-0.4, -0.2) is 25.3 Å². The Morgan fingerprint density at radius 1 is 1.14 bits per heavy atom. The van der Waals surface area contributed by atoms with Gasteiger partial charge in [-0.15, -0.1) is 12.4 Å². The molecule has 0 bridgehead atoms. The highest BCUT2D eigenvalue weighted by molar-refractivity contribution is 6.31. The number of halogens is 2. The number of nitrogens with zero attached hydrogens (tertiary/aromatic N) is 1. The second kappa shape index (κ2) is 7.94. The zero-order valence-corrected chi connectivity index (χ0v) is 13.5. The van der Waals surface area contributed by atoms with Crippen LogP contribution in [0.15, 0.2) is 48.5 Å². The van der Waals surface area contributed by atoms with Gasteiger partial charge in [-0.05, 0) is 18.2 Å². The Kier molecular flexibility index (Phi) is 6.56. The van der Waals surface area contributed by atoms with Gasteiger partial charge in [-0.1, -0.05) is 41.9 Å². The third-order valence-electron chi connectivity index (χ3n) is 3.15. The molecule has 0 radical (unpaired) electrons. The quantitative estimate of drug-likeness (QED) is 0.871. The van der Waals surface area contributed by atoms with Gasteiger partial charge in [0.2, 0.25) is 5.91 Å². The molecular formula is C16H16Cl2N2O2. The molecule has 0 saturated heterocycles. The van der Waals surface area contributed by atoms with Crippen molar-refractivity contribution in [2.75, 3.05) is 18.5 Å². The van der Waals surface area contributed by atoms with Crippen molar-refractivity contribution in [2.24, 2.45) is 5.73 Å². The molecule has 0 unspecified atom stereocenters. The molecule has 1 amide bonds. The van der Waals surface area contributed by atoms with Gasteiger partial charge >= 0.3 is 0 Å². The number of likely N-dealkylation sites (N-methyl/N-ethyl adjacent to an activating group) is 1. The highest BCUT2D eigenvalue weighted by Crippen LogP contribution is 2.26. The van der Waals surface area contributed by atoms with Crippen LogP contribution in [0.4, 0.5) is 5.69 Å². The molecule has 0 saturated carbocycles. The average molecular weight is 339 g/mol. The first kappa shape index (κ1) is 18.2. The molecule has 4 nitrogen and oxygen atoms in total. The van der Waals surface area contributed by atoms with Gasteiger partial charge in [0.05, 0.1) is 12.2 Å². The van der Waals surface area contributed by atoms with E-state index in [1.165, 1.54) is 4.90 Å². The maximum atomic E-state index is 12.6. The third kappa shape index (κ3) is 3.85. The second-order valence-corrected chi connectivity index (χ2v) is 4.95. The number of anilines is 1. The molecule has 0 atom stereocenters. The molecule has 0 fully saturated rings. The van der Waals surface area contributed by atoms with Crippen molar-refractivity contribution in [2.45, 2.75) is 0 Å². The normalized spacial score (nSPS) is 9.77. The number of amides is 1. The first-order chi connectivity index (χ1) is 10.0. The van der Waals surface area contributed by atoms with E-state index < -0.39 is 0 Å². The van der Waals surface area contributed by atoms with Crippen molar-refractivity contribution in [1.82, 2.24) is 0 Å². The Balaban J connectivity index is 0.00000242. The predicted molar refractivity (Wildman–Crippen MR) is 91.0 cm³/mol. The molecule has 116 valence electrons. The molecule has 0 aliphatic carbocycles. The predicted octanol–water partition coefficient (Wildman–Crippen LogP) is 2.91. The monoisotopic (exact) mass is 338 g/mol. The Labute approximate surface area is 140 Å². The molecule has 2 aromatic carbocycles. The molecular weight excluding hydrogens is 323 g/mol. The average Bonchev–Trinajstić information content (AvgIpc) is 2.53. The number of carbonyl (C=O) groups is 2. The van der Waals surface area contributed by atoms with Crippen LogP contribution in [-0.2, 0) is 4.79 Å². The summed E-state index contributed by atoms with van der Waals surface area (Å²) in [5.41, 5.74) is 6.77. The lowest BCUT2D eigenvalue weighted by Crippen LogP contribution is -2.33. The molecule has 22 heavy (non-hydrogen) atoms. The molecule has 0 aliphatic rings. The number of ketones is 1. The Morgan fingerprint density at radius 3 is 2.36 bits per heavy atom. The standard InChI is InChI=1S/C16H15ClN2O2.ClH/c1-19(15(20)10-18)14-8-7-12(17)9-13(14)16(21)11-5-3-2-4-6-11;/h2-9H,10,18H2,1H3;1H. The van der Waals surface area contributed by atoms with Crippen LogP contribution in [0.2, 0.25) is 5.02 Å². The smallest absolute Gasteiger partial charge is 0.240 e. The van der Waals surface area contributed by atoms with Gasteiger partial charge in [0.15, 0.2) is 5.78 Å². The van der Waals surface area contributed by atoms with Crippen molar-refractivity contribution < 1.29 is 9.59 Å². The van der Waals surface area contributed by atoms with E-state index in [0.29, 0.717) is 21.8 Å². The van der Waals surface area contributed by atoms with Crippen molar-refractivity contribution in [3.63, 3.8) is 0 Å². The highest BCUT2D eigenvalue weighted by Gasteiger charge is 2.19. The summed E-state index contributed by atoms with van der Waals surface area (Å²) in [6.45, 7) is -0.127. The number of nitrogens with two attached hydrogens (primary N) is 1. The van der Waals surface area contributed by atoms with E-state index in [1.807, 2.05) is 6.07 Å². The van der Waals surface area contributed by atoms with E-state index in [2.05, 4.69) is 0 Å². The summed E-state index contributed by atoms with van der Waals surface area (Å²) in [4.78, 5) is 25.7. The number of benzene rings is 2. The lowest BCUT2D eigenvalue weighted by molar-refractivity contribution is -0.117. The molecule has 6 heteroatoms. The van der Waals surface area contributed by atoms with E-state index in [4.69, 9.17) is 17.3 Å². The fourth-order valence-electron chi connectivity index (χ4n) is 2.00. The minimum Gasteiger partial charge on any atom is -0.322 e. The second-order valence-electron chi connectivity index (χ2n) is 4.51. The van der Waals surface area contributed by atoms with Crippen LogP contribution in [0.25, 0.3) is 0 Å². The van der Waals surface area contributed by atoms with Crippen LogP contribution in [0.3, 0.4) is 0 Å². The van der Waals surface area contributed by atoms with E-state index in [9.17, 15) is 9.59 Å². The molecule has 0 spiro atoms. The summed E-state index contributed by atoms with van der Waals surface area (Å²) in [5, 5.41) is 0.437. The van der Waals surface area contributed by atoms with Crippen LogP contribution in [0, 0.1) is 0 Å². The van der Waals surface area contributed by atoms with Crippen LogP contribution < -0.4 is 10.6 Å². The minimum absolute atomic E-state index is 0. The number of carbonyl (C=O) groups excluding carboxylic acids is 2. The van der Waals surface area contributed by atoms with Gasteiger partial charge in [0.25, 0.3) is 0 Å². The lowest BCUT2D eigenvalue weighted by atomic mass is 10.0. The Hall–Kier alpha value is -1.88. The van der Waals surface area contributed by atoms with Crippen LogP contribution >= 0.6 is 24.0 Å². The zero-order chi connectivity index (χ0) is 15.4. The Bertz CT molecular complexity index is 675. The van der Waals surface area contributed by atoms with Crippen LogP contribution in [0.5, 0.6) is 0 Å². The van der Waals surface area contributed by atoms with Gasteiger partial charge in [0, 0.05) is 23.2 Å². The molecule has 2 aromatic rings. The maximum absolute atomic E-state index is 12.6. The van der Waals surface area contributed by atoms with Crippen molar-refractivity contribution >= 4 is 41.4 Å². The first-order valence-electron chi connectivity index (χ1n) is 6.40. The zero-order valence-electron chi connectivity index (χ0n) is 12.0. The van der Waals surface area contributed by atoms with E-state index in [-0.39, 0.29) is 30.6 Å². The fourth-order valence-corrected chi connectivity index (χ4v) is 2.17. The largest absolute Gasteiger partial charge is 0.322 e. The van der Waals surface area contributed by atoms with E-state index >= 15 is 0 Å². The fraction of sp³-hybridized carbons (Fsp3) is 0.125. The number of hydrogen-bond acceptors (Lipinski definition) is 3. The Morgan fingerprint density at radius 2 is 1.77 bits per heavy atom. The van der Waals surface area contributed by atoms with Crippen molar-refractivity contribution in [3.8, 4) is 0 Å². The minimum atomic E-state index is -0.278. The third-order valence-corrected chi connectivity index (χ3v) is 3.38. The van der Waals surface area contributed by atoms with Gasteiger partial charge in [0.1, 0.15) is 0 Å². The summed E-state index contributed by atoms with van der Waals surface area (Å²) in [5.74, 6) is -0.468. The molecule has 2 N–H and O–H groups in total. The topological polar surface area (TPSA) is 63.4 Å². The summed E-state index contributed by atoms with van der Waals surface area (Å²) in [6, 6.07) is 13.7. The summed E-state index contributed by atoms with van der Waals surface area (Å²) < 4.78 is 0. The number of hydrogen-bond donors (Lipinski definition) is 1. The summed E-state index contributed by atoms with van der Waals surface area (Å²) in [7, 11) is 1.58. The molecule has 0 aliphatic heterocycles. The molecule has 2 rings (SSSR count). The first-order valence-corrected chi connectivity index (χ1v) is 6.78. The SMILES string of the molecule is CN(C(=O)CN)c1ccc(Cl)cc1C(=O)c1ccccc1.Cl. The van der Waals surface area contributed by atoms with Gasteiger partial charge in [-0.3, -0.25) is 9.59 Å². The molecule has 0 aromatic heterocycles. The van der Waals surface area contributed by atoms with Gasteiger partial charge < -0.3 is 10.6 Å². The van der Waals surface area contributed by atoms with E-state index in [1.54, 1.807) is 49.5 Å². The van der Waals surface area contributed by atoms with Crippen molar-refractivity contribution in [1.29, 1.82) is 0 Å². The van der Waals surface area contributed by atoms with Crippen molar-refractivity contribution in [3.05, 3.63) is 64.7 Å². The molecule has 0 heterocycles. The summed E-state index contributed by atoms with van der Waals surface area (Å²) in [6.07, 6.45) is 0. The van der Waals surface area contributed by atoms with Gasteiger partial charge in [-0.25, -0.2) is 0 Å². The maximum Gasteiger partial charge on any atom is 0.240 e. The summed E-state index contributed by atoms with van der Waals surface area (Å²) >= 11 is 5.99. The lowest BCUT2D eigenvalue weighted by Gasteiger charge is -2.20. The van der Waals surface area contributed by atoms with Crippen LogP contribution in [0.1, 0.15) is 15.9 Å². The van der Waals surface area contributed by atoms with Gasteiger partial charge in [-0.2, -0.15) is 0 Å². The van der Waals surface area contributed by atoms with E-state index in [0.717, 1.165) is 0 Å². The number of rotatable bonds is 4. The highest BCUT2D eigenvalue weighted by atomic mass is 35.5.